The molecule has 0 bridgehead atoms. The van der Waals surface area contributed by atoms with Crippen molar-refractivity contribution in [3.8, 4) is 5.75 Å². The maximum absolute atomic E-state index is 13.5. The maximum atomic E-state index is 13.5. The number of aryl methyl sites for hydroxylation is 1. The Balaban J connectivity index is 3.15. The van der Waals surface area contributed by atoms with Crippen LogP contribution in [-0.4, -0.2) is 18.3 Å². The van der Waals surface area contributed by atoms with Gasteiger partial charge in [-0.1, -0.05) is 0 Å². The van der Waals surface area contributed by atoms with Crippen LogP contribution in [-0.2, 0) is 0 Å². The fraction of sp³-hybridized carbons (Fsp3) is 0.200. The van der Waals surface area contributed by atoms with Crippen molar-refractivity contribution in [3.63, 3.8) is 0 Å². The van der Waals surface area contributed by atoms with Gasteiger partial charge in [-0.15, -0.1) is 13.2 Å². The highest BCUT2D eigenvalue weighted by atomic mass is 19.4. The van der Waals surface area contributed by atoms with Crippen LogP contribution < -0.4 is 21.9 Å². The first-order valence-corrected chi connectivity index (χ1v) is 5.08. The van der Waals surface area contributed by atoms with Crippen LogP contribution in [0.5, 0.6) is 5.75 Å². The summed E-state index contributed by atoms with van der Waals surface area (Å²) in [4.78, 5) is 7.06. The van der Waals surface area contributed by atoms with Gasteiger partial charge >= 0.3 is 6.36 Å². The van der Waals surface area contributed by atoms with E-state index >= 15 is 0 Å². The lowest BCUT2D eigenvalue weighted by molar-refractivity contribution is -0.275. The summed E-state index contributed by atoms with van der Waals surface area (Å²) in [7, 11) is 0. The zero-order chi connectivity index (χ0) is 15.5. The van der Waals surface area contributed by atoms with Gasteiger partial charge in [-0.2, -0.15) is 4.99 Å². The first-order chi connectivity index (χ1) is 9.08. The number of guanidine groups is 2. The van der Waals surface area contributed by atoms with E-state index in [2.05, 4.69) is 14.7 Å². The third-order valence-corrected chi connectivity index (χ3v) is 1.95. The first-order valence-electron chi connectivity index (χ1n) is 5.08. The molecule has 0 radical (unpaired) electrons. The molecule has 110 valence electrons. The molecule has 1 rings (SSSR count). The van der Waals surface area contributed by atoms with E-state index in [0.29, 0.717) is 0 Å². The predicted octanol–water partition coefficient (Wildman–Crippen LogP) is 1.25. The van der Waals surface area contributed by atoms with Gasteiger partial charge < -0.3 is 21.9 Å². The minimum Gasteiger partial charge on any atom is -0.403 e. The highest BCUT2D eigenvalue weighted by Crippen LogP contribution is 2.31. The SMILES string of the molecule is Cc1cc(OC(F)(F)F)c(F)cc1N=C(N)N=C(N)N. The minimum absolute atomic E-state index is 0.0282. The molecule has 1 aromatic carbocycles. The normalized spacial score (nSPS) is 12.2. The Bertz CT molecular complexity index is 564. The molecule has 6 N–H and O–H groups in total. The van der Waals surface area contributed by atoms with E-state index in [9.17, 15) is 17.6 Å². The van der Waals surface area contributed by atoms with Crippen LogP contribution in [0.3, 0.4) is 0 Å². The van der Waals surface area contributed by atoms with E-state index < -0.39 is 17.9 Å². The molecular formula is C10H11F4N5O. The fourth-order valence-electron chi connectivity index (χ4n) is 1.25. The predicted molar refractivity (Wildman–Crippen MR) is 64.9 cm³/mol. The fourth-order valence-corrected chi connectivity index (χ4v) is 1.25. The molecule has 0 aliphatic carbocycles. The van der Waals surface area contributed by atoms with Crippen LogP contribution in [0.4, 0.5) is 23.2 Å². The second-order valence-electron chi connectivity index (χ2n) is 3.62. The maximum Gasteiger partial charge on any atom is 0.573 e. The van der Waals surface area contributed by atoms with E-state index in [1.165, 1.54) is 6.92 Å². The number of nitrogens with zero attached hydrogens (tertiary/aromatic N) is 2. The van der Waals surface area contributed by atoms with Crippen molar-refractivity contribution in [1.29, 1.82) is 0 Å². The smallest absolute Gasteiger partial charge is 0.403 e. The van der Waals surface area contributed by atoms with Gasteiger partial charge in [0.1, 0.15) is 0 Å². The molecule has 1 aromatic rings. The summed E-state index contributed by atoms with van der Waals surface area (Å²) in [5.41, 5.74) is 15.6. The summed E-state index contributed by atoms with van der Waals surface area (Å²) < 4.78 is 53.0. The zero-order valence-corrected chi connectivity index (χ0v) is 10.2. The summed E-state index contributed by atoms with van der Waals surface area (Å²) in [6, 6.07) is 1.57. The number of aliphatic imine (C=N–C) groups is 2. The van der Waals surface area contributed by atoms with Gasteiger partial charge in [0.25, 0.3) is 0 Å². The number of nitrogens with two attached hydrogens (primary N) is 3. The lowest BCUT2D eigenvalue weighted by Crippen LogP contribution is -2.26. The Hall–Kier alpha value is -2.52. The molecule has 0 fully saturated rings. The topological polar surface area (TPSA) is 112 Å². The Morgan fingerprint density at radius 2 is 1.80 bits per heavy atom. The molecule has 20 heavy (non-hydrogen) atoms. The van der Waals surface area contributed by atoms with E-state index in [4.69, 9.17) is 17.2 Å². The van der Waals surface area contributed by atoms with Crippen LogP contribution >= 0.6 is 0 Å². The van der Waals surface area contributed by atoms with Gasteiger partial charge in [0.05, 0.1) is 5.69 Å². The summed E-state index contributed by atoms with van der Waals surface area (Å²) in [6.45, 7) is 1.39. The standard InChI is InChI=1S/C10H11F4N5O/c1-4-2-7(20-10(12,13)14)5(11)3-6(4)18-9(17)19-8(15)16/h2-3H,1H3,(H6,15,16,17,18,19). The molecule has 0 spiro atoms. The second kappa shape index (κ2) is 5.63. The highest BCUT2D eigenvalue weighted by molar-refractivity contribution is 5.93. The van der Waals surface area contributed by atoms with Gasteiger partial charge in [-0.05, 0) is 18.6 Å². The van der Waals surface area contributed by atoms with Crippen LogP contribution in [0, 0.1) is 12.7 Å². The van der Waals surface area contributed by atoms with Crippen molar-refractivity contribution in [1.82, 2.24) is 0 Å². The average molecular weight is 293 g/mol. The van der Waals surface area contributed by atoms with Gasteiger partial charge in [-0.25, -0.2) is 9.38 Å². The lowest BCUT2D eigenvalue weighted by Gasteiger charge is -2.11. The number of halogens is 4. The van der Waals surface area contributed by atoms with Gasteiger partial charge in [0.15, 0.2) is 17.5 Å². The zero-order valence-electron chi connectivity index (χ0n) is 10.2. The van der Waals surface area contributed by atoms with Crippen molar-refractivity contribution < 1.29 is 22.3 Å². The molecule has 0 saturated carbocycles. The molecule has 10 heteroatoms. The Morgan fingerprint density at radius 3 is 2.30 bits per heavy atom. The third-order valence-electron chi connectivity index (χ3n) is 1.95. The van der Waals surface area contributed by atoms with Crippen LogP contribution in [0.1, 0.15) is 5.56 Å². The quantitative estimate of drug-likeness (QED) is 0.433. The second-order valence-corrected chi connectivity index (χ2v) is 3.62. The molecule has 0 aliphatic heterocycles. The molecular weight excluding hydrogens is 282 g/mol. The number of hydrogen-bond donors (Lipinski definition) is 3. The number of rotatable bonds is 2. The summed E-state index contributed by atoms with van der Waals surface area (Å²) in [5, 5.41) is 0. The summed E-state index contributed by atoms with van der Waals surface area (Å²) >= 11 is 0. The van der Waals surface area contributed by atoms with Crippen molar-refractivity contribution in [3.05, 3.63) is 23.5 Å². The Morgan fingerprint density at radius 1 is 1.20 bits per heavy atom. The molecule has 0 aliphatic rings. The van der Waals surface area contributed by atoms with Gasteiger partial charge in [-0.3, -0.25) is 0 Å². The van der Waals surface area contributed by atoms with Gasteiger partial charge in [0.2, 0.25) is 5.96 Å². The molecule has 0 saturated heterocycles. The molecule has 0 aromatic heterocycles. The molecule has 0 heterocycles. The monoisotopic (exact) mass is 293 g/mol. The highest BCUT2D eigenvalue weighted by Gasteiger charge is 2.32. The largest absolute Gasteiger partial charge is 0.573 e. The van der Waals surface area contributed by atoms with Crippen LogP contribution in [0.15, 0.2) is 22.1 Å². The van der Waals surface area contributed by atoms with E-state index in [0.717, 1.165) is 12.1 Å². The molecule has 0 unspecified atom stereocenters. The Kier molecular flexibility index (Phi) is 4.38. The number of alkyl halides is 3. The molecule has 6 nitrogen and oxygen atoms in total. The van der Waals surface area contributed by atoms with Crippen molar-refractivity contribution in [2.24, 2.45) is 27.2 Å². The van der Waals surface area contributed by atoms with E-state index in [1.54, 1.807) is 0 Å². The van der Waals surface area contributed by atoms with Gasteiger partial charge in [0, 0.05) is 6.07 Å². The van der Waals surface area contributed by atoms with E-state index in [-0.39, 0.29) is 23.2 Å². The number of hydrogen-bond acceptors (Lipinski definition) is 2. The number of benzene rings is 1. The third kappa shape index (κ3) is 4.63. The molecule has 0 amide bonds. The minimum atomic E-state index is -4.99. The van der Waals surface area contributed by atoms with Crippen LogP contribution in [0.25, 0.3) is 0 Å². The Labute approximate surface area is 110 Å². The van der Waals surface area contributed by atoms with Crippen molar-refractivity contribution in [2.75, 3.05) is 0 Å². The lowest BCUT2D eigenvalue weighted by atomic mass is 10.2. The van der Waals surface area contributed by atoms with Crippen LogP contribution in [0.2, 0.25) is 0 Å². The number of ether oxygens (including phenoxy) is 1. The van der Waals surface area contributed by atoms with E-state index in [1.807, 2.05) is 0 Å². The average Bonchev–Trinajstić information content (AvgIpc) is 2.22. The first kappa shape index (κ1) is 15.5. The summed E-state index contributed by atoms with van der Waals surface area (Å²) in [5.74, 6) is -2.93. The summed E-state index contributed by atoms with van der Waals surface area (Å²) in [6.07, 6.45) is -4.99. The van der Waals surface area contributed by atoms with Crippen molar-refractivity contribution >= 4 is 17.6 Å². The molecule has 0 atom stereocenters. The van der Waals surface area contributed by atoms with Crippen molar-refractivity contribution in [2.45, 2.75) is 13.3 Å².